The maximum Gasteiger partial charge on any atom is 0.276 e. The second kappa shape index (κ2) is 7.71. The van der Waals surface area contributed by atoms with E-state index in [4.69, 9.17) is 4.74 Å². The Balaban J connectivity index is 1.66. The van der Waals surface area contributed by atoms with Gasteiger partial charge in [-0.15, -0.1) is 0 Å². The number of nitrogens with zero attached hydrogens (tertiary/aromatic N) is 3. The number of carbonyl (C=O) groups is 1. The van der Waals surface area contributed by atoms with Gasteiger partial charge < -0.3 is 19.2 Å². The van der Waals surface area contributed by atoms with E-state index in [1.807, 2.05) is 0 Å². The van der Waals surface area contributed by atoms with Crippen LogP contribution in [-0.2, 0) is 30.5 Å². The van der Waals surface area contributed by atoms with Crippen molar-refractivity contribution in [3.05, 3.63) is 59.9 Å². The normalized spacial score (nSPS) is 19.7. The highest BCUT2D eigenvalue weighted by Crippen LogP contribution is 2.35. The first-order valence-corrected chi connectivity index (χ1v) is 11.1. The number of sulfonamides is 1. The second-order valence-electron chi connectivity index (χ2n) is 7.99. The molecule has 0 radical (unpaired) electrons. The highest BCUT2D eigenvalue weighted by molar-refractivity contribution is 7.89. The van der Waals surface area contributed by atoms with Crippen LogP contribution in [0.2, 0.25) is 0 Å². The van der Waals surface area contributed by atoms with Crippen molar-refractivity contribution in [3.63, 3.8) is 0 Å². The van der Waals surface area contributed by atoms with Crippen molar-refractivity contribution < 1.29 is 26.7 Å². The van der Waals surface area contributed by atoms with Crippen LogP contribution >= 0.6 is 0 Å². The second-order valence-corrected chi connectivity index (χ2v) is 9.64. The first-order valence-electron chi connectivity index (χ1n) is 9.57. The SMILES string of the molecule is Cn1cncc1CC1(C)COc2c(cn(C)c2C(=O)Nc2ccc(F)c(F)c2)S(=O)(=O)N1. The third-order valence-corrected chi connectivity index (χ3v) is 6.82. The molecule has 1 aliphatic rings. The van der Waals surface area contributed by atoms with Gasteiger partial charge in [-0.3, -0.25) is 4.79 Å². The molecule has 4 rings (SSSR count). The number of carbonyl (C=O) groups excluding carboxylic acids is 1. The maximum atomic E-state index is 13.5. The highest BCUT2D eigenvalue weighted by Gasteiger charge is 2.40. The van der Waals surface area contributed by atoms with Crippen molar-refractivity contribution >= 4 is 21.6 Å². The van der Waals surface area contributed by atoms with Gasteiger partial charge in [0.25, 0.3) is 5.91 Å². The number of hydrogen-bond donors (Lipinski definition) is 2. The summed E-state index contributed by atoms with van der Waals surface area (Å²) in [5.41, 5.74) is -0.271. The number of aromatic nitrogens is 3. The molecule has 0 spiro atoms. The van der Waals surface area contributed by atoms with Crippen LogP contribution in [0.1, 0.15) is 23.1 Å². The van der Waals surface area contributed by atoms with Gasteiger partial charge >= 0.3 is 0 Å². The zero-order valence-electron chi connectivity index (χ0n) is 17.5. The molecule has 0 fully saturated rings. The van der Waals surface area contributed by atoms with Gasteiger partial charge in [0, 0.05) is 50.4 Å². The molecule has 1 aliphatic heterocycles. The van der Waals surface area contributed by atoms with Crippen LogP contribution in [0.15, 0.2) is 41.8 Å². The molecule has 1 aromatic carbocycles. The minimum absolute atomic E-state index is 0.0134. The highest BCUT2D eigenvalue weighted by atomic mass is 32.2. The van der Waals surface area contributed by atoms with Crippen molar-refractivity contribution in [2.45, 2.75) is 23.8 Å². The van der Waals surface area contributed by atoms with Gasteiger partial charge in [-0.25, -0.2) is 26.9 Å². The van der Waals surface area contributed by atoms with Crippen LogP contribution in [0, 0.1) is 11.6 Å². The number of halogens is 2. The molecule has 170 valence electrons. The van der Waals surface area contributed by atoms with E-state index in [0.29, 0.717) is 6.42 Å². The number of aryl methyl sites for hydroxylation is 2. The summed E-state index contributed by atoms with van der Waals surface area (Å²) in [6.07, 6.45) is 4.82. The largest absolute Gasteiger partial charge is 0.488 e. The topological polar surface area (TPSA) is 107 Å². The summed E-state index contributed by atoms with van der Waals surface area (Å²) >= 11 is 0. The monoisotopic (exact) mass is 465 g/mol. The lowest BCUT2D eigenvalue weighted by Crippen LogP contribution is -2.50. The predicted molar refractivity (Wildman–Crippen MR) is 111 cm³/mol. The third kappa shape index (κ3) is 3.98. The Morgan fingerprint density at radius 1 is 1.28 bits per heavy atom. The fourth-order valence-electron chi connectivity index (χ4n) is 3.62. The van der Waals surface area contributed by atoms with Crippen LogP contribution in [0.25, 0.3) is 0 Å². The average Bonchev–Trinajstić information content (AvgIpc) is 3.23. The zero-order valence-corrected chi connectivity index (χ0v) is 18.3. The molecule has 1 atom stereocenters. The summed E-state index contributed by atoms with van der Waals surface area (Å²) in [5.74, 6) is -3.02. The van der Waals surface area contributed by atoms with Gasteiger partial charge in [0.1, 0.15) is 11.5 Å². The van der Waals surface area contributed by atoms with Gasteiger partial charge in [0.2, 0.25) is 10.0 Å². The van der Waals surface area contributed by atoms with E-state index < -0.39 is 33.1 Å². The van der Waals surface area contributed by atoms with Crippen LogP contribution in [-0.4, -0.2) is 40.6 Å². The lowest BCUT2D eigenvalue weighted by molar-refractivity contribution is 0.101. The fourth-order valence-corrected chi connectivity index (χ4v) is 5.20. The average molecular weight is 465 g/mol. The number of imidazole rings is 1. The Labute approximate surface area is 183 Å². The van der Waals surface area contributed by atoms with Crippen LogP contribution in [0.3, 0.4) is 0 Å². The third-order valence-electron chi connectivity index (χ3n) is 5.19. The molecule has 0 aliphatic carbocycles. The van der Waals surface area contributed by atoms with E-state index in [0.717, 1.165) is 17.8 Å². The molecule has 1 amide bonds. The molecule has 0 bridgehead atoms. The molecule has 2 aromatic heterocycles. The number of fused-ring (bicyclic) bond motifs is 1. The summed E-state index contributed by atoms with van der Waals surface area (Å²) in [7, 11) is -0.750. The van der Waals surface area contributed by atoms with Gasteiger partial charge in [-0.05, 0) is 19.1 Å². The molecular formula is C20H21F2N5O4S. The zero-order chi connectivity index (χ0) is 23.3. The van der Waals surface area contributed by atoms with E-state index >= 15 is 0 Å². The molecular weight excluding hydrogens is 444 g/mol. The fraction of sp³-hybridized carbons (Fsp3) is 0.300. The number of nitrogens with one attached hydrogen (secondary N) is 2. The van der Waals surface area contributed by atoms with E-state index in [1.165, 1.54) is 23.9 Å². The van der Waals surface area contributed by atoms with Crippen molar-refractivity contribution in [1.82, 2.24) is 18.8 Å². The molecule has 9 nitrogen and oxygen atoms in total. The van der Waals surface area contributed by atoms with Gasteiger partial charge in [0.05, 0.1) is 11.9 Å². The predicted octanol–water partition coefficient (Wildman–Crippen LogP) is 1.96. The Morgan fingerprint density at radius 2 is 2.03 bits per heavy atom. The lowest BCUT2D eigenvalue weighted by Gasteiger charge is -2.27. The molecule has 0 saturated carbocycles. The van der Waals surface area contributed by atoms with Gasteiger partial charge in [0.15, 0.2) is 23.1 Å². The Bertz CT molecular complexity index is 1320. The smallest absolute Gasteiger partial charge is 0.276 e. The van der Waals surface area contributed by atoms with Crippen LogP contribution in [0.4, 0.5) is 14.5 Å². The minimum atomic E-state index is -4.04. The van der Waals surface area contributed by atoms with E-state index in [9.17, 15) is 22.0 Å². The number of benzene rings is 1. The Hall–Kier alpha value is -3.25. The van der Waals surface area contributed by atoms with E-state index in [-0.39, 0.29) is 28.6 Å². The van der Waals surface area contributed by atoms with Crippen molar-refractivity contribution in [2.24, 2.45) is 14.1 Å². The summed E-state index contributed by atoms with van der Waals surface area (Å²) in [6, 6.07) is 2.91. The molecule has 0 saturated heterocycles. The molecule has 1 unspecified atom stereocenters. The van der Waals surface area contributed by atoms with Crippen LogP contribution in [0.5, 0.6) is 5.75 Å². The van der Waals surface area contributed by atoms with E-state index in [2.05, 4.69) is 15.0 Å². The molecule has 12 heteroatoms. The van der Waals surface area contributed by atoms with Crippen molar-refractivity contribution in [1.29, 1.82) is 0 Å². The number of anilines is 1. The Kier molecular flexibility index (Phi) is 5.29. The first kappa shape index (κ1) is 22.0. The quantitative estimate of drug-likeness (QED) is 0.613. The van der Waals surface area contributed by atoms with Crippen molar-refractivity contribution in [2.75, 3.05) is 11.9 Å². The number of amides is 1. The summed E-state index contributed by atoms with van der Waals surface area (Å²) in [6.45, 7) is 1.64. The maximum absolute atomic E-state index is 13.5. The standard InChI is InChI=1S/C20H21F2N5O4S/c1-20(7-13-8-23-11-27(13)3)10-31-18-16(32(29,30)25-20)9-26(2)17(18)19(28)24-12-4-5-14(21)15(22)6-12/h4-6,8-9,11,25H,7,10H2,1-3H3,(H,24,28). The lowest BCUT2D eigenvalue weighted by atomic mass is 9.98. The van der Waals surface area contributed by atoms with Gasteiger partial charge in [-0.2, -0.15) is 0 Å². The molecule has 32 heavy (non-hydrogen) atoms. The van der Waals surface area contributed by atoms with Crippen LogP contribution < -0.4 is 14.8 Å². The summed E-state index contributed by atoms with van der Waals surface area (Å²) in [4.78, 5) is 16.8. The summed E-state index contributed by atoms with van der Waals surface area (Å²) < 4.78 is 64.5. The van der Waals surface area contributed by atoms with Gasteiger partial charge in [-0.1, -0.05) is 0 Å². The summed E-state index contributed by atoms with van der Waals surface area (Å²) in [5, 5.41) is 2.44. The molecule has 3 heterocycles. The number of ether oxygens (including phenoxy) is 1. The number of rotatable bonds is 4. The Morgan fingerprint density at radius 3 is 2.69 bits per heavy atom. The van der Waals surface area contributed by atoms with Crippen molar-refractivity contribution in [3.8, 4) is 5.75 Å². The van der Waals surface area contributed by atoms with E-state index in [1.54, 1.807) is 31.1 Å². The number of hydrogen-bond acceptors (Lipinski definition) is 5. The molecule has 2 N–H and O–H groups in total. The molecule has 3 aromatic rings. The first-order chi connectivity index (χ1) is 15.0. The minimum Gasteiger partial charge on any atom is -0.488 e.